The number of aromatic nitrogens is 2. The van der Waals surface area contributed by atoms with E-state index in [0.29, 0.717) is 11.7 Å². The standard InChI is InChI=1S/C12H20N4O/c1-8-2-4-9(5-3-8)6-14-11-10(13)12(17)16-7-15-11/h7-9H,2-6,13H2,1H3,(H2,14,15,16,17). The van der Waals surface area contributed by atoms with Crippen molar-refractivity contribution in [2.45, 2.75) is 32.6 Å². The van der Waals surface area contributed by atoms with E-state index in [1.54, 1.807) is 0 Å². The van der Waals surface area contributed by atoms with E-state index in [1.165, 1.54) is 32.0 Å². The molecule has 94 valence electrons. The Bertz CT molecular complexity index is 421. The van der Waals surface area contributed by atoms with Gasteiger partial charge in [0.15, 0.2) is 5.82 Å². The largest absolute Gasteiger partial charge is 0.391 e. The van der Waals surface area contributed by atoms with Gasteiger partial charge >= 0.3 is 0 Å². The van der Waals surface area contributed by atoms with Gasteiger partial charge in [0.05, 0.1) is 6.33 Å². The van der Waals surface area contributed by atoms with E-state index in [1.807, 2.05) is 0 Å². The van der Waals surface area contributed by atoms with Gasteiger partial charge in [-0.1, -0.05) is 19.8 Å². The lowest BCUT2D eigenvalue weighted by molar-refractivity contribution is 0.300. The van der Waals surface area contributed by atoms with E-state index in [9.17, 15) is 4.79 Å². The molecule has 17 heavy (non-hydrogen) atoms. The van der Waals surface area contributed by atoms with E-state index in [4.69, 9.17) is 5.73 Å². The van der Waals surface area contributed by atoms with Gasteiger partial charge in [-0.25, -0.2) is 4.98 Å². The third kappa shape index (κ3) is 2.99. The number of nitrogens with one attached hydrogen (secondary N) is 2. The maximum absolute atomic E-state index is 11.3. The summed E-state index contributed by atoms with van der Waals surface area (Å²) in [6.45, 7) is 3.16. The Morgan fingerprint density at radius 3 is 2.88 bits per heavy atom. The molecule has 0 unspecified atom stereocenters. The summed E-state index contributed by atoms with van der Waals surface area (Å²) in [6.07, 6.45) is 6.47. The molecule has 1 saturated carbocycles. The van der Waals surface area contributed by atoms with Crippen LogP contribution in [0, 0.1) is 11.8 Å². The van der Waals surface area contributed by atoms with Crippen molar-refractivity contribution in [2.75, 3.05) is 17.6 Å². The second-order valence-corrected chi connectivity index (χ2v) is 5.00. The number of hydrogen-bond donors (Lipinski definition) is 3. The van der Waals surface area contributed by atoms with Gasteiger partial charge in [-0.3, -0.25) is 4.79 Å². The Balaban J connectivity index is 1.90. The average Bonchev–Trinajstić information content (AvgIpc) is 2.33. The van der Waals surface area contributed by atoms with Crippen molar-refractivity contribution in [3.63, 3.8) is 0 Å². The number of H-pyrrole nitrogens is 1. The van der Waals surface area contributed by atoms with Crippen LogP contribution < -0.4 is 16.6 Å². The average molecular weight is 236 g/mol. The van der Waals surface area contributed by atoms with Crippen LogP contribution in [0.15, 0.2) is 11.1 Å². The van der Waals surface area contributed by atoms with Crippen LogP contribution in [0.25, 0.3) is 0 Å². The molecule has 1 aromatic rings. The van der Waals surface area contributed by atoms with E-state index in [0.717, 1.165) is 12.5 Å². The first kappa shape index (κ1) is 12.0. The van der Waals surface area contributed by atoms with Crippen LogP contribution in [0.2, 0.25) is 0 Å². The molecule has 1 fully saturated rings. The molecule has 0 saturated heterocycles. The zero-order valence-corrected chi connectivity index (χ0v) is 10.2. The Morgan fingerprint density at radius 2 is 2.18 bits per heavy atom. The summed E-state index contributed by atoms with van der Waals surface area (Å²) in [4.78, 5) is 17.8. The van der Waals surface area contributed by atoms with Crippen molar-refractivity contribution < 1.29 is 0 Å². The number of nitrogens with two attached hydrogens (primary N) is 1. The maximum atomic E-state index is 11.3. The summed E-state index contributed by atoms with van der Waals surface area (Å²) in [5.74, 6) is 2.04. The second-order valence-electron chi connectivity index (χ2n) is 5.00. The van der Waals surface area contributed by atoms with Gasteiger partial charge in [-0.2, -0.15) is 0 Å². The quantitative estimate of drug-likeness (QED) is 0.744. The van der Waals surface area contributed by atoms with Crippen LogP contribution in [0.1, 0.15) is 32.6 Å². The normalized spacial score (nSPS) is 24.5. The van der Waals surface area contributed by atoms with Gasteiger partial charge in [-0.05, 0) is 24.7 Å². The first-order chi connectivity index (χ1) is 8.16. The summed E-state index contributed by atoms with van der Waals surface area (Å²) in [7, 11) is 0. The number of aromatic amines is 1. The molecule has 4 N–H and O–H groups in total. The summed E-state index contributed by atoms with van der Waals surface area (Å²) in [6, 6.07) is 0. The van der Waals surface area contributed by atoms with Crippen molar-refractivity contribution in [3.8, 4) is 0 Å². The lowest BCUT2D eigenvalue weighted by Crippen LogP contribution is -2.23. The van der Waals surface area contributed by atoms with Crippen LogP contribution in [0.5, 0.6) is 0 Å². The van der Waals surface area contributed by atoms with Crippen molar-refractivity contribution in [3.05, 3.63) is 16.7 Å². The molecule has 5 heteroatoms. The summed E-state index contributed by atoms with van der Waals surface area (Å²) in [5, 5.41) is 3.18. The minimum absolute atomic E-state index is 0.177. The molecule has 0 atom stereocenters. The molecule has 0 aromatic carbocycles. The third-order valence-corrected chi connectivity index (χ3v) is 3.58. The van der Waals surface area contributed by atoms with E-state index in [2.05, 4.69) is 22.2 Å². The van der Waals surface area contributed by atoms with Gasteiger partial charge in [0.1, 0.15) is 5.69 Å². The van der Waals surface area contributed by atoms with Gasteiger partial charge in [0.25, 0.3) is 5.56 Å². The molecule has 1 aliphatic carbocycles. The fourth-order valence-electron chi connectivity index (χ4n) is 2.33. The molecule has 1 aliphatic rings. The van der Waals surface area contributed by atoms with Crippen LogP contribution in [-0.4, -0.2) is 16.5 Å². The lowest BCUT2D eigenvalue weighted by Gasteiger charge is -2.26. The smallest absolute Gasteiger partial charge is 0.276 e. The molecular weight excluding hydrogens is 216 g/mol. The van der Waals surface area contributed by atoms with Gasteiger partial charge in [-0.15, -0.1) is 0 Å². The van der Waals surface area contributed by atoms with Crippen molar-refractivity contribution >= 4 is 11.5 Å². The monoisotopic (exact) mass is 236 g/mol. The minimum atomic E-state index is -0.278. The number of hydrogen-bond acceptors (Lipinski definition) is 4. The maximum Gasteiger partial charge on any atom is 0.276 e. The molecule has 0 amide bonds. The van der Waals surface area contributed by atoms with Crippen molar-refractivity contribution in [1.82, 2.24) is 9.97 Å². The fraction of sp³-hybridized carbons (Fsp3) is 0.667. The van der Waals surface area contributed by atoms with Crippen LogP contribution in [-0.2, 0) is 0 Å². The fourth-order valence-corrected chi connectivity index (χ4v) is 2.33. The van der Waals surface area contributed by atoms with Gasteiger partial charge < -0.3 is 16.0 Å². The molecule has 1 aromatic heterocycles. The van der Waals surface area contributed by atoms with E-state index in [-0.39, 0.29) is 11.2 Å². The van der Waals surface area contributed by atoms with Crippen LogP contribution in [0.4, 0.5) is 11.5 Å². The Kier molecular flexibility index (Phi) is 3.66. The lowest BCUT2D eigenvalue weighted by atomic mass is 9.83. The van der Waals surface area contributed by atoms with Crippen LogP contribution in [0.3, 0.4) is 0 Å². The highest BCUT2D eigenvalue weighted by atomic mass is 16.1. The Labute approximate surface area is 101 Å². The van der Waals surface area contributed by atoms with Gasteiger partial charge in [0, 0.05) is 6.54 Å². The minimum Gasteiger partial charge on any atom is -0.391 e. The van der Waals surface area contributed by atoms with E-state index >= 15 is 0 Å². The predicted molar refractivity (Wildman–Crippen MR) is 68.9 cm³/mol. The van der Waals surface area contributed by atoms with Gasteiger partial charge in [0.2, 0.25) is 0 Å². The molecule has 0 bridgehead atoms. The highest BCUT2D eigenvalue weighted by Gasteiger charge is 2.18. The zero-order valence-electron chi connectivity index (χ0n) is 10.2. The summed E-state index contributed by atoms with van der Waals surface area (Å²) < 4.78 is 0. The Morgan fingerprint density at radius 1 is 1.47 bits per heavy atom. The van der Waals surface area contributed by atoms with Crippen molar-refractivity contribution in [1.29, 1.82) is 0 Å². The molecule has 1 heterocycles. The number of rotatable bonds is 3. The first-order valence-electron chi connectivity index (χ1n) is 6.24. The predicted octanol–water partition coefficient (Wildman–Crippen LogP) is 1.59. The highest BCUT2D eigenvalue weighted by molar-refractivity contribution is 5.58. The summed E-state index contributed by atoms with van der Waals surface area (Å²) >= 11 is 0. The topological polar surface area (TPSA) is 83.8 Å². The molecule has 5 nitrogen and oxygen atoms in total. The summed E-state index contributed by atoms with van der Waals surface area (Å²) in [5.41, 5.74) is 5.55. The molecule has 0 aliphatic heterocycles. The number of nitrogens with zero attached hydrogens (tertiary/aromatic N) is 1. The third-order valence-electron chi connectivity index (χ3n) is 3.58. The molecular formula is C12H20N4O. The Hall–Kier alpha value is -1.52. The first-order valence-corrected chi connectivity index (χ1v) is 6.24. The SMILES string of the molecule is CC1CCC(CNc2nc[nH]c(=O)c2N)CC1. The van der Waals surface area contributed by atoms with E-state index < -0.39 is 0 Å². The molecule has 2 rings (SSSR count). The zero-order chi connectivity index (χ0) is 12.3. The number of nitrogen functional groups attached to an aromatic ring is 1. The number of anilines is 2. The van der Waals surface area contributed by atoms with Crippen molar-refractivity contribution in [2.24, 2.45) is 11.8 Å². The second kappa shape index (κ2) is 5.21. The highest BCUT2D eigenvalue weighted by Crippen LogP contribution is 2.28. The van der Waals surface area contributed by atoms with Crippen LogP contribution >= 0.6 is 0 Å². The molecule has 0 radical (unpaired) electrons. The molecule has 0 spiro atoms.